The molecule has 1 N–H and O–H groups in total. The van der Waals surface area contributed by atoms with E-state index in [4.69, 9.17) is 18.9 Å². The number of rotatable bonds is 6. The third-order valence-corrected chi connectivity index (χ3v) is 9.91. The van der Waals surface area contributed by atoms with E-state index in [2.05, 4.69) is 0 Å². The minimum atomic E-state index is -1.81. The van der Waals surface area contributed by atoms with Gasteiger partial charge in [0.15, 0.2) is 11.6 Å². The van der Waals surface area contributed by atoms with Gasteiger partial charge in [0.25, 0.3) is 0 Å². The van der Waals surface area contributed by atoms with Crippen LogP contribution in [-0.2, 0) is 28.5 Å². The van der Waals surface area contributed by atoms with E-state index in [-0.39, 0.29) is 54.2 Å². The molecular formula is C30H43FO7. The van der Waals surface area contributed by atoms with E-state index >= 15 is 4.39 Å². The standard InChI is InChI=1S/C30H43FO7/c1-17(2)14-35-30(36-15-18(3)4)37-16-25(34)29(38-30)10-8-21-20-12-23(31)22-11-19(32)7-9-27(22,5)26(20)24(33)13-28(21,29)6/h7,9,11,17-18,20-21,23-24,26,33H,8,10,12-16H2,1-6H3/t20-,21-,23-,24?,26+,27-,28-,29-/m0/s1. The van der Waals surface area contributed by atoms with E-state index in [1.54, 1.807) is 6.08 Å². The largest absolute Gasteiger partial charge is 0.414 e. The molecule has 3 saturated carbocycles. The number of allylic oxidation sites excluding steroid dienone is 4. The molecule has 0 aromatic carbocycles. The Hall–Kier alpha value is -1.45. The quantitative estimate of drug-likeness (QED) is 0.501. The summed E-state index contributed by atoms with van der Waals surface area (Å²) in [5, 5.41) is 11.7. The van der Waals surface area contributed by atoms with Crippen LogP contribution in [0.1, 0.15) is 67.2 Å². The maximum atomic E-state index is 15.7. The van der Waals surface area contributed by atoms with Crippen LogP contribution in [-0.4, -0.2) is 60.5 Å². The van der Waals surface area contributed by atoms with Gasteiger partial charge in [0.1, 0.15) is 18.4 Å². The maximum Gasteiger partial charge on any atom is 0.414 e. The molecule has 4 aliphatic carbocycles. The van der Waals surface area contributed by atoms with Crippen molar-refractivity contribution in [3.8, 4) is 0 Å². The number of hydrogen-bond donors (Lipinski definition) is 1. The van der Waals surface area contributed by atoms with Gasteiger partial charge >= 0.3 is 6.16 Å². The zero-order chi connectivity index (χ0) is 27.7. The molecule has 1 heterocycles. The summed E-state index contributed by atoms with van der Waals surface area (Å²) in [6.45, 7) is 12.4. The molecule has 0 amide bonds. The van der Waals surface area contributed by atoms with Crippen LogP contribution in [0.2, 0.25) is 0 Å². The number of ether oxygens (including phenoxy) is 4. The molecule has 1 aliphatic heterocycles. The summed E-state index contributed by atoms with van der Waals surface area (Å²) < 4.78 is 40.4. The third kappa shape index (κ3) is 4.17. The first kappa shape index (κ1) is 28.1. The SMILES string of the molecule is CC(C)COC1(OCC(C)C)OCC(=O)[C@]2(CC[C@H]3[C@@H]4C[C@H](F)C5=CC(=O)C=C[C@]5(C)[C@H]4C(O)C[C@@]32C)O1. The minimum Gasteiger partial charge on any atom is -0.393 e. The lowest BCUT2D eigenvalue weighted by molar-refractivity contribution is -0.532. The molecule has 1 saturated heterocycles. The number of fused-ring (bicyclic) bond motifs is 6. The third-order valence-electron chi connectivity index (χ3n) is 9.91. The zero-order valence-electron chi connectivity index (χ0n) is 23.5. The van der Waals surface area contributed by atoms with Gasteiger partial charge in [-0.2, -0.15) is 0 Å². The fourth-order valence-corrected chi connectivity index (χ4v) is 8.24. The lowest BCUT2D eigenvalue weighted by Crippen LogP contribution is -2.68. The van der Waals surface area contributed by atoms with Crippen LogP contribution in [0.3, 0.4) is 0 Å². The van der Waals surface area contributed by atoms with Gasteiger partial charge in [-0.05, 0) is 67.1 Å². The van der Waals surface area contributed by atoms with Crippen LogP contribution in [0, 0.1) is 40.4 Å². The molecule has 4 fully saturated rings. The van der Waals surface area contributed by atoms with Gasteiger partial charge in [-0.1, -0.05) is 47.6 Å². The van der Waals surface area contributed by atoms with Crippen LogP contribution in [0.25, 0.3) is 0 Å². The highest BCUT2D eigenvalue weighted by Crippen LogP contribution is 2.69. The number of carbonyl (C=O) groups excluding carboxylic acids is 2. The van der Waals surface area contributed by atoms with E-state index in [0.717, 1.165) is 0 Å². The predicted molar refractivity (Wildman–Crippen MR) is 137 cm³/mol. The number of hydrogen-bond acceptors (Lipinski definition) is 7. The van der Waals surface area contributed by atoms with Gasteiger partial charge in [-0.15, -0.1) is 0 Å². The van der Waals surface area contributed by atoms with Gasteiger partial charge in [0.05, 0.1) is 19.3 Å². The summed E-state index contributed by atoms with van der Waals surface area (Å²) >= 11 is 0. The highest BCUT2D eigenvalue weighted by Gasteiger charge is 2.73. The maximum absolute atomic E-state index is 15.7. The topological polar surface area (TPSA) is 91.3 Å². The summed E-state index contributed by atoms with van der Waals surface area (Å²) in [4.78, 5) is 25.8. The number of alkyl halides is 1. The lowest BCUT2D eigenvalue weighted by Gasteiger charge is -2.61. The number of aliphatic hydroxyl groups is 1. The molecule has 0 aromatic heterocycles. The zero-order valence-corrected chi connectivity index (χ0v) is 23.5. The number of halogens is 1. The Morgan fingerprint density at radius 2 is 1.79 bits per heavy atom. The second-order valence-corrected chi connectivity index (χ2v) is 13.4. The van der Waals surface area contributed by atoms with Crippen molar-refractivity contribution in [3.05, 3.63) is 23.8 Å². The van der Waals surface area contributed by atoms with Gasteiger partial charge in [-0.25, -0.2) is 4.39 Å². The van der Waals surface area contributed by atoms with Crippen molar-refractivity contribution in [2.24, 2.45) is 40.4 Å². The summed E-state index contributed by atoms with van der Waals surface area (Å²) in [7, 11) is 0. The molecule has 5 rings (SSSR count). The van der Waals surface area contributed by atoms with Crippen molar-refractivity contribution in [1.29, 1.82) is 0 Å². The first-order valence-electron chi connectivity index (χ1n) is 14.2. The summed E-state index contributed by atoms with van der Waals surface area (Å²) in [5.41, 5.74) is -2.34. The molecule has 8 heteroatoms. The van der Waals surface area contributed by atoms with Gasteiger partial charge < -0.3 is 14.6 Å². The molecule has 7 nitrogen and oxygen atoms in total. The van der Waals surface area contributed by atoms with E-state index in [1.165, 1.54) is 12.2 Å². The Labute approximate surface area is 225 Å². The van der Waals surface area contributed by atoms with E-state index in [9.17, 15) is 14.7 Å². The van der Waals surface area contributed by atoms with Gasteiger partial charge in [-0.3, -0.25) is 19.1 Å². The second kappa shape index (κ2) is 9.58. The average Bonchev–Trinajstić information content (AvgIpc) is 3.12. The highest BCUT2D eigenvalue weighted by atomic mass is 19.1. The number of ketones is 2. The Bertz CT molecular complexity index is 1020. The van der Waals surface area contributed by atoms with E-state index in [0.29, 0.717) is 38.0 Å². The lowest BCUT2D eigenvalue weighted by atomic mass is 9.46. The van der Waals surface area contributed by atoms with Crippen LogP contribution in [0.15, 0.2) is 23.8 Å². The molecule has 0 aromatic rings. The molecule has 212 valence electrons. The number of Topliss-reactive ketones (excluding diaryl/α,β-unsaturated/α-hetero) is 1. The fraction of sp³-hybridized carbons (Fsp3) is 0.800. The normalized spacial score (nSPS) is 43.8. The molecule has 1 spiro atoms. The molecule has 5 aliphatic rings. The summed E-state index contributed by atoms with van der Waals surface area (Å²) in [6.07, 6.45) is 2.40. The monoisotopic (exact) mass is 534 g/mol. The van der Waals surface area contributed by atoms with Crippen molar-refractivity contribution in [1.82, 2.24) is 0 Å². The molecular weight excluding hydrogens is 491 g/mol. The van der Waals surface area contributed by atoms with E-state index < -0.39 is 34.9 Å². The molecule has 38 heavy (non-hydrogen) atoms. The van der Waals surface area contributed by atoms with Gasteiger partial charge in [0.2, 0.25) is 0 Å². The fourth-order valence-electron chi connectivity index (χ4n) is 8.24. The first-order chi connectivity index (χ1) is 17.8. The Balaban J connectivity index is 1.51. The Morgan fingerprint density at radius 1 is 1.13 bits per heavy atom. The Kier molecular flexibility index (Phi) is 7.08. The predicted octanol–water partition coefficient (Wildman–Crippen LogP) is 4.52. The smallest absolute Gasteiger partial charge is 0.393 e. The summed E-state index contributed by atoms with van der Waals surface area (Å²) in [6, 6.07) is 0. The van der Waals surface area contributed by atoms with Crippen molar-refractivity contribution in [2.45, 2.75) is 91.3 Å². The van der Waals surface area contributed by atoms with E-state index in [1.807, 2.05) is 41.5 Å². The van der Waals surface area contributed by atoms with Crippen LogP contribution in [0.4, 0.5) is 4.39 Å². The number of carbonyl (C=O) groups is 2. The van der Waals surface area contributed by atoms with Gasteiger partial charge in [0, 0.05) is 16.7 Å². The highest BCUT2D eigenvalue weighted by molar-refractivity contribution is 6.01. The molecule has 8 atom stereocenters. The van der Waals surface area contributed by atoms with Crippen LogP contribution < -0.4 is 0 Å². The molecule has 0 bridgehead atoms. The Morgan fingerprint density at radius 3 is 2.42 bits per heavy atom. The second-order valence-electron chi connectivity index (χ2n) is 13.4. The number of aliphatic hydroxyl groups excluding tert-OH is 1. The van der Waals surface area contributed by atoms with Crippen molar-refractivity contribution < 1.29 is 38.0 Å². The average molecular weight is 535 g/mol. The minimum absolute atomic E-state index is 0.0616. The van der Waals surface area contributed by atoms with Crippen molar-refractivity contribution >= 4 is 11.6 Å². The first-order valence-corrected chi connectivity index (χ1v) is 14.2. The summed E-state index contributed by atoms with van der Waals surface area (Å²) in [5.74, 6) is -0.536. The van der Waals surface area contributed by atoms with Crippen molar-refractivity contribution in [3.63, 3.8) is 0 Å². The van der Waals surface area contributed by atoms with Crippen molar-refractivity contribution in [2.75, 3.05) is 19.8 Å². The van der Waals surface area contributed by atoms with Crippen LogP contribution >= 0.6 is 0 Å². The molecule has 1 unspecified atom stereocenters. The van der Waals surface area contributed by atoms with Crippen LogP contribution in [0.5, 0.6) is 0 Å². The molecule has 0 radical (unpaired) electrons.